The standard InChI is InChI=1S/C12H15F2NO3/c1-3-18-12(17)9(14)10(15)7-5-4-6(2)8(13)11(7)16/h4-5,9-10,16H,3,15H2,1-2H3/t9?,10-/m1/s1. The molecule has 18 heavy (non-hydrogen) atoms. The first-order chi connectivity index (χ1) is 8.40. The number of nitrogens with two attached hydrogens (primary N) is 1. The van der Waals surface area contributed by atoms with Gasteiger partial charge in [-0.2, -0.15) is 0 Å². The van der Waals surface area contributed by atoms with E-state index in [0.717, 1.165) is 0 Å². The van der Waals surface area contributed by atoms with Crippen LogP contribution in [-0.2, 0) is 9.53 Å². The normalized spacial score (nSPS) is 14.1. The Kier molecular flexibility index (Phi) is 4.61. The smallest absolute Gasteiger partial charge is 0.342 e. The van der Waals surface area contributed by atoms with Crippen molar-refractivity contribution >= 4 is 5.97 Å². The van der Waals surface area contributed by atoms with Crippen LogP contribution in [0.2, 0.25) is 0 Å². The minimum Gasteiger partial charge on any atom is -0.505 e. The SMILES string of the molecule is CCOC(=O)C(F)[C@H](N)c1ccc(C)c(F)c1O. The van der Waals surface area contributed by atoms with Gasteiger partial charge in [0.1, 0.15) is 0 Å². The van der Waals surface area contributed by atoms with E-state index in [1.54, 1.807) is 0 Å². The fourth-order valence-electron chi connectivity index (χ4n) is 1.48. The second kappa shape index (κ2) is 5.77. The second-order valence-corrected chi connectivity index (χ2v) is 3.81. The number of hydrogen-bond acceptors (Lipinski definition) is 4. The average Bonchev–Trinajstić information content (AvgIpc) is 2.35. The highest BCUT2D eigenvalue weighted by atomic mass is 19.1. The zero-order chi connectivity index (χ0) is 13.9. The van der Waals surface area contributed by atoms with Gasteiger partial charge in [-0.3, -0.25) is 0 Å². The Morgan fingerprint density at radius 1 is 1.56 bits per heavy atom. The van der Waals surface area contributed by atoms with Gasteiger partial charge in [0.25, 0.3) is 0 Å². The molecular weight excluding hydrogens is 244 g/mol. The van der Waals surface area contributed by atoms with Gasteiger partial charge in [-0.1, -0.05) is 12.1 Å². The molecule has 0 heterocycles. The van der Waals surface area contributed by atoms with Crippen molar-refractivity contribution in [2.24, 2.45) is 5.73 Å². The van der Waals surface area contributed by atoms with Crippen LogP contribution in [-0.4, -0.2) is 23.9 Å². The first-order valence-corrected chi connectivity index (χ1v) is 5.44. The van der Waals surface area contributed by atoms with Crippen molar-refractivity contribution < 1.29 is 23.4 Å². The van der Waals surface area contributed by atoms with E-state index in [4.69, 9.17) is 5.73 Å². The highest BCUT2D eigenvalue weighted by Crippen LogP contribution is 2.30. The number of phenolic OH excluding ortho intramolecular Hbond substituents is 1. The summed E-state index contributed by atoms with van der Waals surface area (Å²) in [5, 5.41) is 9.54. The Morgan fingerprint density at radius 2 is 2.17 bits per heavy atom. The van der Waals surface area contributed by atoms with E-state index in [9.17, 15) is 18.7 Å². The van der Waals surface area contributed by atoms with Gasteiger partial charge in [-0.05, 0) is 19.4 Å². The molecular formula is C12H15F2NO3. The fourth-order valence-corrected chi connectivity index (χ4v) is 1.48. The van der Waals surface area contributed by atoms with Crippen LogP contribution in [0.25, 0.3) is 0 Å². The highest BCUT2D eigenvalue weighted by molar-refractivity contribution is 5.76. The second-order valence-electron chi connectivity index (χ2n) is 3.81. The number of carbonyl (C=O) groups excluding carboxylic acids is 1. The zero-order valence-electron chi connectivity index (χ0n) is 10.1. The van der Waals surface area contributed by atoms with E-state index in [2.05, 4.69) is 4.74 Å². The van der Waals surface area contributed by atoms with Crippen LogP contribution in [0.5, 0.6) is 5.75 Å². The van der Waals surface area contributed by atoms with Crippen LogP contribution in [0.4, 0.5) is 8.78 Å². The number of hydrogen-bond donors (Lipinski definition) is 2. The monoisotopic (exact) mass is 259 g/mol. The number of halogens is 2. The third-order valence-electron chi connectivity index (χ3n) is 2.53. The number of carbonyl (C=O) groups is 1. The fraction of sp³-hybridized carbons (Fsp3) is 0.417. The number of aromatic hydroxyl groups is 1. The molecule has 0 aromatic heterocycles. The summed E-state index contributed by atoms with van der Waals surface area (Å²) < 4.78 is 31.5. The van der Waals surface area contributed by atoms with E-state index < -0.39 is 29.7 Å². The van der Waals surface area contributed by atoms with Crippen molar-refractivity contribution in [3.63, 3.8) is 0 Å². The Labute approximate surface area is 103 Å². The van der Waals surface area contributed by atoms with Gasteiger partial charge in [-0.15, -0.1) is 0 Å². The van der Waals surface area contributed by atoms with Crippen LogP contribution in [0.1, 0.15) is 24.1 Å². The predicted molar refractivity (Wildman–Crippen MR) is 61.3 cm³/mol. The number of esters is 1. The minimum absolute atomic E-state index is 0.0141. The Morgan fingerprint density at radius 3 is 2.72 bits per heavy atom. The lowest BCUT2D eigenvalue weighted by atomic mass is 10.00. The summed E-state index contributed by atoms with van der Waals surface area (Å²) in [5.41, 5.74) is 5.52. The topological polar surface area (TPSA) is 72.5 Å². The molecule has 0 radical (unpaired) electrons. The summed E-state index contributed by atoms with van der Waals surface area (Å²) in [6, 6.07) is 1.16. The number of benzene rings is 1. The molecule has 1 unspecified atom stereocenters. The number of alkyl halides is 1. The number of ether oxygens (including phenoxy) is 1. The number of phenols is 1. The van der Waals surface area contributed by atoms with E-state index in [0.29, 0.717) is 0 Å². The molecule has 1 rings (SSSR count). The number of rotatable bonds is 4. The third kappa shape index (κ3) is 2.76. The largest absolute Gasteiger partial charge is 0.505 e. The van der Waals surface area contributed by atoms with Crippen molar-refractivity contribution in [3.05, 3.63) is 29.1 Å². The molecule has 1 aromatic carbocycles. The molecule has 0 aliphatic carbocycles. The van der Waals surface area contributed by atoms with E-state index >= 15 is 0 Å². The maximum absolute atomic E-state index is 13.6. The molecule has 0 bridgehead atoms. The summed E-state index contributed by atoms with van der Waals surface area (Å²) >= 11 is 0. The van der Waals surface area contributed by atoms with Crippen LogP contribution in [0.3, 0.4) is 0 Å². The lowest BCUT2D eigenvalue weighted by Crippen LogP contribution is -2.31. The summed E-state index contributed by atoms with van der Waals surface area (Å²) in [7, 11) is 0. The maximum Gasteiger partial charge on any atom is 0.342 e. The van der Waals surface area contributed by atoms with Gasteiger partial charge in [-0.25, -0.2) is 13.6 Å². The molecule has 2 atom stereocenters. The quantitative estimate of drug-likeness (QED) is 0.808. The van der Waals surface area contributed by atoms with Crippen molar-refractivity contribution in [1.29, 1.82) is 0 Å². The highest BCUT2D eigenvalue weighted by Gasteiger charge is 2.30. The lowest BCUT2D eigenvalue weighted by molar-refractivity contribution is -0.149. The van der Waals surface area contributed by atoms with Gasteiger partial charge in [0, 0.05) is 5.56 Å². The van der Waals surface area contributed by atoms with E-state index in [1.807, 2.05) is 0 Å². The molecule has 0 saturated heterocycles. The summed E-state index contributed by atoms with van der Waals surface area (Å²) in [5.74, 6) is -2.75. The van der Waals surface area contributed by atoms with Crippen molar-refractivity contribution in [2.75, 3.05) is 6.61 Å². The molecule has 0 aliphatic heterocycles. The van der Waals surface area contributed by atoms with Crippen molar-refractivity contribution in [1.82, 2.24) is 0 Å². The number of aryl methyl sites for hydroxylation is 1. The summed E-state index contributed by atoms with van der Waals surface area (Å²) in [6.07, 6.45) is -2.15. The van der Waals surface area contributed by atoms with Gasteiger partial charge in [0.05, 0.1) is 12.6 Å². The molecule has 0 amide bonds. The van der Waals surface area contributed by atoms with E-state index in [-0.39, 0.29) is 17.7 Å². The van der Waals surface area contributed by atoms with E-state index in [1.165, 1.54) is 26.0 Å². The van der Waals surface area contributed by atoms with Crippen molar-refractivity contribution in [3.8, 4) is 5.75 Å². The van der Waals surface area contributed by atoms with Gasteiger partial charge >= 0.3 is 5.97 Å². The van der Waals surface area contributed by atoms with Crippen LogP contribution in [0.15, 0.2) is 12.1 Å². The lowest BCUT2D eigenvalue weighted by Gasteiger charge is -2.17. The minimum atomic E-state index is -2.15. The van der Waals surface area contributed by atoms with Gasteiger partial charge in [0.2, 0.25) is 6.17 Å². The molecule has 0 fully saturated rings. The van der Waals surface area contributed by atoms with Crippen LogP contribution in [0, 0.1) is 12.7 Å². The molecule has 3 N–H and O–H groups in total. The average molecular weight is 259 g/mol. The Balaban J connectivity index is 3.00. The van der Waals surface area contributed by atoms with Gasteiger partial charge < -0.3 is 15.6 Å². The molecule has 0 aliphatic rings. The van der Waals surface area contributed by atoms with Crippen molar-refractivity contribution in [2.45, 2.75) is 26.1 Å². The molecule has 100 valence electrons. The Bertz CT molecular complexity index is 451. The zero-order valence-corrected chi connectivity index (χ0v) is 10.1. The molecule has 0 spiro atoms. The van der Waals surface area contributed by atoms with Crippen LogP contribution >= 0.6 is 0 Å². The summed E-state index contributed by atoms with van der Waals surface area (Å²) in [4.78, 5) is 11.2. The van der Waals surface area contributed by atoms with Gasteiger partial charge in [0.15, 0.2) is 11.6 Å². The first-order valence-electron chi connectivity index (χ1n) is 5.44. The maximum atomic E-state index is 13.6. The Hall–Kier alpha value is -1.69. The third-order valence-corrected chi connectivity index (χ3v) is 2.53. The molecule has 6 heteroatoms. The first kappa shape index (κ1) is 14.4. The molecule has 4 nitrogen and oxygen atoms in total. The van der Waals surface area contributed by atoms with Crippen LogP contribution < -0.4 is 5.73 Å². The molecule has 0 saturated carbocycles. The predicted octanol–water partition coefficient (Wildman–Crippen LogP) is 1.74. The summed E-state index contributed by atoms with van der Waals surface area (Å²) in [6.45, 7) is 2.99. The molecule has 1 aromatic rings.